The molecule has 3 heteroatoms. The van der Waals surface area contributed by atoms with Gasteiger partial charge >= 0.3 is 0 Å². The van der Waals surface area contributed by atoms with Crippen LogP contribution in [0.5, 0.6) is 5.75 Å². The van der Waals surface area contributed by atoms with E-state index in [-0.39, 0.29) is 11.9 Å². The first kappa shape index (κ1) is 13.1. The zero-order chi connectivity index (χ0) is 14.1. The molecule has 0 saturated heterocycles. The van der Waals surface area contributed by atoms with Crippen molar-refractivity contribution >= 4 is 0 Å². The van der Waals surface area contributed by atoms with Gasteiger partial charge in [-0.3, -0.25) is 0 Å². The van der Waals surface area contributed by atoms with Crippen molar-refractivity contribution in [1.82, 2.24) is 0 Å². The van der Waals surface area contributed by atoms with Crippen molar-refractivity contribution in [2.75, 3.05) is 6.54 Å². The minimum absolute atomic E-state index is 0.0690. The smallest absolute Gasteiger partial charge is 0.134 e. The van der Waals surface area contributed by atoms with Gasteiger partial charge in [0.25, 0.3) is 0 Å². The van der Waals surface area contributed by atoms with Crippen molar-refractivity contribution in [3.8, 4) is 16.9 Å². The van der Waals surface area contributed by atoms with Gasteiger partial charge in [-0.15, -0.1) is 0 Å². The van der Waals surface area contributed by atoms with Gasteiger partial charge < -0.3 is 10.5 Å². The number of nitrogens with two attached hydrogens (primary N) is 1. The number of ether oxygens (including phenoxy) is 1. The Bertz CT molecular complexity index is 639. The number of aryl methyl sites for hydroxylation is 1. The van der Waals surface area contributed by atoms with Gasteiger partial charge in [0.15, 0.2) is 0 Å². The molecule has 1 aliphatic heterocycles. The van der Waals surface area contributed by atoms with Crippen LogP contribution in [0.3, 0.4) is 0 Å². The molecule has 2 nitrogen and oxygen atoms in total. The summed E-state index contributed by atoms with van der Waals surface area (Å²) < 4.78 is 20.3. The summed E-state index contributed by atoms with van der Waals surface area (Å²) in [6.07, 6.45) is 1.68. The lowest BCUT2D eigenvalue weighted by Gasteiger charge is -2.14. The molecule has 0 aromatic heterocycles. The summed E-state index contributed by atoms with van der Waals surface area (Å²) in [6, 6.07) is 11.2. The highest BCUT2D eigenvalue weighted by Crippen LogP contribution is 2.42. The average Bonchev–Trinajstić information content (AvgIpc) is 2.83. The van der Waals surface area contributed by atoms with E-state index in [2.05, 4.69) is 0 Å². The largest absolute Gasteiger partial charge is 0.489 e. The maximum atomic E-state index is 14.3. The summed E-state index contributed by atoms with van der Waals surface area (Å²) in [5.41, 5.74) is 9.19. The average molecular weight is 271 g/mol. The minimum Gasteiger partial charge on any atom is -0.489 e. The molecule has 0 aliphatic carbocycles. The maximum absolute atomic E-state index is 14.3. The molecule has 2 aromatic carbocycles. The maximum Gasteiger partial charge on any atom is 0.134 e. The van der Waals surface area contributed by atoms with Crippen molar-refractivity contribution < 1.29 is 9.13 Å². The molecule has 2 N–H and O–H groups in total. The second kappa shape index (κ2) is 5.25. The summed E-state index contributed by atoms with van der Waals surface area (Å²) in [6.45, 7) is 2.57. The molecule has 1 heterocycles. The van der Waals surface area contributed by atoms with Crippen molar-refractivity contribution in [2.45, 2.75) is 25.9 Å². The summed E-state index contributed by atoms with van der Waals surface area (Å²) >= 11 is 0. The lowest BCUT2D eigenvalue weighted by Crippen LogP contribution is -2.17. The Morgan fingerprint density at radius 2 is 2.05 bits per heavy atom. The molecular weight excluding hydrogens is 253 g/mol. The van der Waals surface area contributed by atoms with Crippen LogP contribution in [-0.2, 0) is 6.42 Å². The molecule has 1 unspecified atom stereocenters. The zero-order valence-electron chi connectivity index (χ0n) is 11.5. The molecule has 104 valence electrons. The highest BCUT2D eigenvalue weighted by atomic mass is 19.1. The number of fused-ring (bicyclic) bond motifs is 1. The van der Waals surface area contributed by atoms with E-state index in [1.54, 1.807) is 0 Å². The molecule has 1 aliphatic rings. The van der Waals surface area contributed by atoms with Crippen LogP contribution in [0, 0.1) is 12.7 Å². The molecule has 3 rings (SSSR count). The van der Waals surface area contributed by atoms with Gasteiger partial charge in [0.2, 0.25) is 0 Å². The number of benzene rings is 2. The SMILES string of the molecule is Cc1ccccc1-c1c(F)ccc2c1OC(CCN)C2. The van der Waals surface area contributed by atoms with Crippen molar-refractivity contribution in [3.05, 3.63) is 53.3 Å². The molecular formula is C17H18FNO. The Kier molecular flexibility index (Phi) is 3.45. The predicted octanol–water partition coefficient (Wildman–Crippen LogP) is 3.45. The summed E-state index contributed by atoms with van der Waals surface area (Å²) in [5, 5.41) is 0. The second-order valence-corrected chi connectivity index (χ2v) is 5.25. The van der Waals surface area contributed by atoms with Crippen LogP contribution in [0.25, 0.3) is 11.1 Å². The first-order valence-corrected chi connectivity index (χ1v) is 6.95. The molecule has 20 heavy (non-hydrogen) atoms. The van der Waals surface area contributed by atoms with Gasteiger partial charge in [0.05, 0.1) is 5.56 Å². The highest BCUT2D eigenvalue weighted by Gasteiger charge is 2.27. The zero-order valence-corrected chi connectivity index (χ0v) is 11.5. The first-order valence-electron chi connectivity index (χ1n) is 6.95. The number of hydrogen-bond donors (Lipinski definition) is 1. The Morgan fingerprint density at radius 3 is 2.80 bits per heavy atom. The van der Waals surface area contributed by atoms with Gasteiger partial charge in [-0.2, -0.15) is 0 Å². The van der Waals surface area contributed by atoms with Crippen molar-refractivity contribution in [1.29, 1.82) is 0 Å². The molecule has 2 aromatic rings. The number of hydrogen-bond acceptors (Lipinski definition) is 2. The third-order valence-electron chi connectivity index (χ3n) is 3.82. The predicted molar refractivity (Wildman–Crippen MR) is 78.4 cm³/mol. The van der Waals surface area contributed by atoms with Crippen LogP contribution >= 0.6 is 0 Å². The van der Waals surface area contributed by atoms with E-state index in [9.17, 15) is 4.39 Å². The van der Waals surface area contributed by atoms with Crippen LogP contribution in [0.1, 0.15) is 17.5 Å². The Labute approximate surface area is 118 Å². The molecule has 0 bridgehead atoms. The van der Waals surface area contributed by atoms with Gasteiger partial charge in [0, 0.05) is 6.42 Å². The van der Waals surface area contributed by atoms with Gasteiger partial charge in [-0.1, -0.05) is 30.3 Å². The normalized spacial score (nSPS) is 16.9. The van der Waals surface area contributed by atoms with Crippen LogP contribution in [0.2, 0.25) is 0 Å². The number of rotatable bonds is 3. The van der Waals surface area contributed by atoms with E-state index in [0.717, 1.165) is 29.5 Å². The van der Waals surface area contributed by atoms with E-state index in [1.807, 2.05) is 37.3 Å². The molecule has 0 amide bonds. The third kappa shape index (κ3) is 2.18. The Balaban J connectivity index is 2.10. The highest BCUT2D eigenvalue weighted by molar-refractivity contribution is 5.76. The fraction of sp³-hybridized carbons (Fsp3) is 0.294. The van der Waals surface area contributed by atoms with Crippen LogP contribution in [0.4, 0.5) is 4.39 Å². The first-order chi connectivity index (χ1) is 9.70. The van der Waals surface area contributed by atoms with E-state index in [0.29, 0.717) is 17.9 Å². The second-order valence-electron chi connectivity index (χ2n) is 5.25. The summed E-state index contributed by atoms with van der Waals surface area (Å²) in [4.78, 5) is 0. The Morgan fingerprint density at radius 1 is 1.25 bits per heavy atom. The molecule has 0 spiro atoms. The van der Waals surface area contributed by atoms with E-state index < -0.39 is 0 Å². The summed E-state index contributed by atoms with van der Waals surface area (Å²) in [5.74, 6) is 0.462. The quantitative estimate of drug-likeness (QED) is 0.928. The lowest BCUT2D eigenvalue weighted by atomic mass is 9.96. The fourth-order valence-electron chi connectivity index (χ4n) is 2.80. The molecule has 0 saturated carbocycles. The molecule has 0 radical (unpaired) electrons. The van der Waals surface area contributed by atoms with E-state index >= 15 is 0 Å². The minimum atomic E-state index is -0.230. The summed E-state index contributed by atoms with van der Waals surface area (Å²) in [7, 11) is 0. The number of halogens is 1. The monoisotopic (exact) mass is 271 g/mol. The van der Waals surface area contributed by atoms with Gasteiger partial charge in [-0.25, -0.2) is 4.39 Å². The van der Waals surface area contributed by atoms with Crippen LogP contribution in [-0.4, -0.2) is 12.6 Å². The topological polar surface area (TPSA) is 35.2 Å². The van der Waals surface area contributed by atoms with Gasteiger partial charge in [0.1, 0.15) is 17.7 Å². The standard InChI is InChI=1S/C17H18FNO/c1-11-4-2-3-5-14(11)16-15(18)7-6-12-10-13(8-9-19)20-17(12)16/h2-7,13H,8-10,19H2,1H3. The van der Waals surface area contributed by atoms with Crippen LogP contribution < -0.4 is 10.5 Å². The molecule has 0 fully saturated rings. The van der Waals surface area contributed by atoms with E-state index in [4.69, 9.17) is 10.5 Å². The third-order valence-corrected chi connectivity index (χ3v) is 3.82. The Hall–Kier alpha value is -1.87. The van der Waals surface area contributed by atoms with Crippen LogP contribution in [0.15, 0.2) is 36.4 Å². The van der Waals surface area contributed by atoms with Crippen molar-refractivity contribution in [3.63, 3.8) is 0 Å². The molecule has 1 atom stereocenters. The van der Waals surface area contributed by atoms with E-state index in [1.165, 1.54) is 6.07 Å². The fourth-order valence-corrected chi connectivity index (χ4v) is 2.80. The lowest BCUT2D eigenvalue weighted by molar-refractivity contribution is 0.224. The van der Waals surface area contributed by atoms with Crippen molar-refractivity contribution in [2.24, 2.45) is 5.73 Å². The van der Waals surface area contributed by atoms with Gasteiger partial charge in [-0.05, 0) is 42.6 Å².